The van der Waals surface area contributed by atoms with Gasteiger partial charge in [0, 0.05) is 5.92 Å². The van der Waals surface area contributed by atoms with E-state index in [0.29, 0.717) is 11.7 Å². The van der Waals surface area contributed by atoms with Gasteiger partial charge < -0.3 is 23.6 Å². The predicted octanol–water partition coefficient (Wildman–Crippen LogP) is 4.58. The number of carbonyl (C=O) groups excluding carboxylic acids is 1. The van der Waals surface area contributed by atoms with Crippen molar-refractivity contribution in [2.45, 2.75) is 90.3 Å². The second-order valence-electron chi connectivity index (χ2n) is 9.08. The van der Waals surface area contributed by atoms with Crippen molar-refractivity contribution in [3.63, 3.8) is 0 Å². The predicted molar refractivity (Wildman–Crippen MR) is 124 cm³/mol. The normalized spacial score (nSPS) is 29.3. The molecule has 1 aliphatic heterocycles. The van der Waals surface area contributed by atoms with Gasteiger partial charge in [-0.15, -0.1) is 0 Å². The van der Waals surface area contributed by atoms with Crippen LogP contribution in [-0.2, 0) is 18.8 Å². The molecule has 1 saturated carbocycles. The van der Waals surface area contributed by atoms with Crippen LogP contribution in [0.15, 0.2) is 30.3 Å². The van der Waals surface area contributed by atoms with Crippen LogP contribution in [0.1, 0.15) is 59.8 Å². The van der Waals surface area contributed by atoms with Gasteiger partial charge in [0.2, 0.25) is 0 Å². The summed E-state index contributed by atoms with van der Waals surface area (Å²) in [6, 6.07) is 8.73. The molecule has 180 valence electrons. The van der Waals surface area contributed by atoms with E-state index in [-0.39, 0.29) is 30.7 Å². The van der Waals surface area contributed by atoms with E-state index < -0.39 is 26.8 Å². The fourth-order valence-electron chi connectivity index (χ4n) is 4.24. The Balaban J connectivity index is 1.56. The van der Waals surface area contributed by atoms with Crippen molar-refractivity contribution in [2.24, 2.45) is 11.8 Å². The number of rotatable bonds is 10. The van der Waals surface area contributed by atoms with Crippen LogP contribution in [0, 0.1) is 11.8 Å². The molecule has 7 nitrogen and oxygen atoms in total. The number of para-hydroxylation sites is 1. The first kappa shape index (κ1) is 25.4. The van der Waals surface area contributed by atoms with Gasteiger partial charge in [0.1, 0.15) is 24.0 Å². The van der Waals surface area contributed by atoms with E-state index in [1.165, 1.54) is 19.3 Å². The lowest BCUT2D eigenvalue weighted by Crippen LogP contribution is -2.38. The number of carbonyl (C=O) groups is 1. The summed E-state index contributed by atoms with van der Waals surface area (Å²) in [7, 11) is -1.65. The summed E-state index contributed by atoms with van der Waals surface area (Å²) in [4.78, 5) is 12.7. The number of aliphatic hydroxyl groups is 1. The molecule has 2 aliphatic rings. The smallest absolute Gasteiger partial charge is 0.323 e. The second kappa shape index (κ2) is 12.3. The number of hydrogen-bond donors (Lipinski definition) is 2. The molecular weight excluding hydrogens is 429 g/mol. The van der Waals surface area contributed by atoms with Crippen molar-refractivity contribution in [2.75, 3.05) is 6.61 Å². The molecule has 2 fully saturated rings. The first-order chi connectivity index (χ1) is 15.3. The van der Waals surface area contributed by atoms with E-state index in [4.69, 9.17) is 18.5 Å². The molecule has 1 aromatic carbocycles. The summed E-state index contributed by atoms with van der Waals surface area (Å²) in [6.07, 6.45) is 4.74. The SMILES string of the molecule is CC(OC(=O)[C@H](C)NP(OC[C@H]1O[C@@H](C)[C@H](C)[C@@H]1O)Oc1ccccc1)C1CCCCC1. The lowest BCUT2D eigenvalue weighted by molar-refractivity contribution is -0.153. The Bertz CT molecular complexity index is 701. The average molecular weight is 468 g/mol. The molecule has 0 amide bonds. The molecule has 3 rings (SSSR count). The van der Waals surface area contributed by atoms with Crippen LogP contribution in [0.2, 0.25) is 0 Å². The van der Waals surface area contributed by atoms with Gasteiger partial charge in [-0.3, -0.25) is 4.79 Å². The summed E-state index contributed by atoms with van der Waals surface area (Å²) in [5, 5.41) is 13.5. The highest BCUT2D eigenvalue weighted by Crippen LogP contribution is 2.38. The molecule has 1 aliphatic carbocycles. The van der Waals surface area contributed by atoms with Crippen LogP contribution >= 0.6 is 8.53 Å². The third kappa shape index (κ3) is 7.13. The summed E-state index contributed by atoms with van der Waals surface area (Å²) in [5.74, 6) is 0.795. The zero-order valence-corrected chi connectivity index (χ0v) is 20.5. The van der Waals surface area contributed by atoms with Crippen LogP contribution in [0.4, 0.5) is 0 Å². The van der Waals surface area contributed by atoms with Gasteiger partial charge in [-0.05, 0) is 51.7 Å². The maximum Gasteiger partial charge on any atom is 0.323 e. The van der Waals surface area contributed by atoms with E-state index in [0.717, 1.165) is 12.8 Å². The van der Waals surface area contributed by atoms with Crippen LogP contribution in [0.25, 0.3) is 0 Å². The van der Waals surface area contributed by atoms with Crippen molar-refractivity contribution in [3.05, 3.63) is 30.3 Å². The number of ether oxygens (including phenoxy) is 2. The van der Waals surface area contributed by atoms with Gasteiger partial charge in [-0.1, -0.05) is 44.4 Å². The van der Waals surface area contributed by atoms with E-state index >= 15 is 0 Å². The Morgan fingerprint density at radius 2 is 1.88 bits per heavy atom. The number of hydrogen-bond acceptors (Lipinski definition) is 7. The van der Waals surface area contributed by atoms with Crippen molar-refractivity contribution in [3.8, 4) is 5.75 Å². The minimum Gasteiger partial charge on any atom is -0.461 e. The van der Waals surface area contributed by atoms with Crippen molar-refractivity contribution < 1.29 is 28.4 Å². The van der Waals surface area contributed by atoms with Crippen LogP contribution < -0.4 is 9.61 Å². The first-order valence-electron chi connectivity index (χ1n) is 11.8. The summed E-state index contributed by atoms with van der Waals surface area (Å²) in [6.45, 7) is 7.82. The lowest BCUT2D eigenvalue weighted by Gasteiger charge is -2.29. The Morgan fingerprint density at radius 1 is 1.19 bits per heavy atom. The summed E-state index contributed by atoms with van der Waals surface area (Å²) >= 11 is 0. The van der Waals surface area contributed by atoms with Crippen molar-refractivity contribution >= 4 is 14.5 Å². The van der Waals surface area contributed by atoms with Crippen molar-refractivity contribution in [1.82, 2.24) is 5.09 Å². The average Bonchev–Trinajstić information content (AvgIpc) is 3.05. The number of aliphatic hydroxyl groups excluding tert-OH is 1. The molecule has 2 N–H and O–H groups in total. The van der Waals surface area contributed by atoms with Gasteiger partial charge >= 0.3 is 14.5 Å². The molecule has 2 unspecified atom stereocenters. The van der Waals surface area contributed by atoms with Gasteiger partial charge in [0.25, 0.3) is 0 Å². The highest BCUT2D eigenvalue weighted by Gasteiger charge is 2.39. The number of nitrogens with one attached hydrogen (secondary N) is 1. The Hall–Kier alpha value is -1.24. The zero-order chi connectivity index (χ0) is 23.1. The van der Waals surface area contributed by atoms with E-state index in [1.807, 2.05) is 51.1 Å². The third-order valence-corrected chi connectivity index (χ3v) is 7.96. The third-order valence-electron chi connectivity index (χ3n) is 6.61. The van der Waals surface area contributed by atoms with Gasteiger partial charge in [0.05, 0.1) is 18.8 Å². The van der Waals surface area contributed by atoms with Gasteiger partial charge in [-0.25, -0.2) is 5.09 Å². The maximum atomic E-state index is 12.7. The quantitative estimate of drug-likeness (QED) is 0.385. The topological polar surface area (TPSA) is 86.3 Å². The second-order valence-corrected chi connectivity index (χ2v) is 10.3. The lowest BCUT2D eigenvalue weighted by atomic mass is 9.86. The number of benzene rings is 1. The molecule has 8 heteroatoms. The Kier molecular flexibility index (Phi) is 9.75. The van der Waals surface area contributed by atoms with Crippen LogP contribution in [0.3, 0.4) is 0 Å². The van der Waals surface area contributed by atoms with Crippen LogP contribution in [0.5, 0.6) is 5.75 Å². The Morgan fingerprint density at radius 3 is 2.50 bits per heavy atom. The number of esters is 1. The molecule has 0 spiro atoms. The Labute approximate surface area is 193 Å². The molecule has 0 aromatic heterocycles. The van der Waals surface area contributed by atoms with Gasteiger partial charge in [-0.2, -0.15) is 0 Å². The molecule has 1 saturated heterocycles. The monoisotopic (exact) mass is 467 g/mol. The first-order valence-corrected chi connectivity index (χ1v) is 13.0. The largest absolute Gasteiger partial charge is 0.461 e. The van der Waals surface area contributed by atoms with E-state index in [1.54, 1.807) is 6.92 Å². The summed E-state index contributed by atoms with van der Waals surface area (Å²) < 4.78 is 23.5. The minimum absolute atomic E-state index is 0.0352. The fourth-order valence-corrected chi connectivity index (χ4v) is 5.44. The maximum absolute atomic E-state index is 12.7. The minimum atomic E-state index is -1.65. The zero-order valence-electron chi connectivity index (χ0n) is 19.6. The van der Waals surface area contributed by atoms with Crippen molar-refractivity contribution in [1.29, 1.82) is 0 Å². The van der Waals surface area contributed by atoms with E-state index in [9.17, 15) is 9.90 Å². The van der Waals surface area contributed by atoms with Crippen LogP contribution in [-0.4, -0.2) is 48.1 Å². The van der Waals surface area contributed by atoms with Gasteiger partial charge in [0.15, 0.2) is 0 Å². The van der Waals surface area contributed by atoms with E-state index in [2.05, 4.69) is 5.09 Å². The molecule has 1 aromatic rings. The summed E-state index contributed by atoms with van der Waals surface area (Å²) in [5.41, 5.74) is 0. The standard InChI is InChI=1S/C24H38NO6P/c1-16-18(3)29-22(23(16)26)15-28-32(31-21-13-9-6-10-14-21)25-17(2)24(27)30-19(4)20-11-7-5-8-12-20/h6,9-10,13-14,16-20,22-23,25-26H,5,7-8,11-12,15H2,1-4H3/t16-,17-,18-,19?,22+,23-,32?/m0/s1. The molecular formula is C24H38NO6P. The molecule has 1 heterocycles. The highest BCUT2D eigenvalue weighted by atomic mass is 31.2. The molecule has 32 heavy (non-hydrogen) atoms. The fraction of sp³-hybridized carbons (Fsp3) is 0.708. The molecule has 0 bridgehead atoms. The highest BCUT2D eigenvalue weighted by molar-refractivity contribution is 7.45. The molecule has 0 radical (unpaired) electrons. The molecule has 7 atom stereocenters.